The van der Waals surface area contributed by atoms with Crippen molar-refractivity contribution in [3.05, 3.63) is 12.2 Å². The van der Waals surface area contributed by atoms with Gasteiger partial charge in [-0.1, -0.05) is 6.58 Å². The smallest absolute Gasteiger partial charge is 0.462 e. The molecule has 98 valence electrons. The third-order valence-corrected chi connectivity index (χ3v) is 2.01. The molecular formula is C12H20O5. The molecule has 0 aliphatic heterocycles. The third kappa shape index (κ3) is 9.41. The zero-order chi connectivity index (χ0) is 13.1. The SMILES string of the molecule is C=C(C)C(=O)OCCCCCCOC(=O)OC. The van der Waals surface area contributed by atoms with Crippen molar-refractivity contribution in [2.75, 3.05) is 20.3 Å². The molecule has 0 radical (unpaired) electrons. The van der Waals surface area contributed by atoms with Crippen LogP contribution in [0, 0.1) is 0 Å². The molecule has 0 atom stereocenters. The van der Waals surface area contributed by atoms with Crippen molar-refractivity contribution >= 4 is 12.1 Å². The van der Waals surface area contributed by atoms with E-state index in [2.05, 4.69) is 11.3 Å². The Bertz CT molecular complexity index is 260. The highest BCUT2D eigenvalue weighted by Gasteiger charge is 2.02. The second-order valence-electron chi connectivity index (χ2n) is 3.63. The molecule has 0 amide bonds. The van der Waals surface area contributed by atoms with E-state index < -0.39 is 6.16 Å². The summed E-state index contributed by atoms with van der Waals surface area (Å²) in [6.07, 6.45) is 2.77. The van der Waals surface area contributed by atoms with Gasteiger partial charge in [0.25, 0.3) is 0 Å². The number of unbranched alkanes of at least 4 members (excludes halogenated alkanes) is 3. The van der Waals surface area contributed by atoms with Gasteiger partial charge in [0.05, 0.1) is 20.3 Å². The molecule has 17 heavy (non-hydrogen) atoms. The number of methoxy groups -OCH3 is 1. The Hall–Kier alpha value is -1.52. The van der Waals surface area contributed by atoms with Crippen LogP contribution >= 0.6 is 0 Å². The minimum atomic E-state index is -0.652. The van der Waals surface area contributed by atoms with Gasteiger partial charge in [0.15, 0.2) is 0 Å². The predicted octanol–water partition coefficient (Wildman–Crippen LogP) is 2.45. The lowest BCUT2D eigenvalue weighted by Gasteiger charge is -2.04. The van der Waals surface area contributed by atoms with Crippen LogP contribution in [0.15, 0.2) is 12.2 Å². The number of ether oxygens (including phenoxy) is 3. The van der Waals surface area contributed by atoms with Crippen molar-refractivity contribution < 1.29 is 23.8 Å². The van der Waals surface area contributed by atoms with Crippen LogP contribution in [-0.4, -0.2) is 32.4 Å². The lowest BCUT2D eigenvalue weighted by atomic mass is 10.2. The number of rotatable bonds is 8. The van der Waals surface area contributed by atoms with Gasteiger partial charge >= 0.3 is 12.1 Å². The van der Waals surface area contributed by atoms with Gasteiger partial charge in [-0.05, 0) is 32.6 Å². The van der Waals surface area contributed by atoms with E-state index >= 15 is 0 Å². The van der Waals surface area contributed by atoms with Gasteiger partial charge in [-0.3, -0.25) is 0 Å². The maximum Gasteiger partial charge on any atom is 0.507 e. The summed E-state index contributed by atoms with van der Waals surface area (Å²) in [6.45, 7) is 5.87. The Kier molecular flexibility index (Phi) is 8.82. The predicted molar refractivity (Wildman–Crippen MR) is 62.6 cm³/mol. The molecule has 0 spiro atoms. The molecule has 0 aromatic heterocycles. The fourth-order valence-corrected chi connectivity index (χ4v) is 1.06. The first kappa shape index (κ1) is 15.5. The molecule has 0 aliphatic rings. The van der Waals surface area contributed by atoms with E-state index in [0.717, 1.165) is 25.7 Å². The first-order valence-corrected chi connectivity index (χ1v) is 5.61. The van der Waals surface area contributed by atoms with Crippen LogP contribution in [0.4, 0.5) is 4.79 Å². The fourth-order valence-electron chi connectivity index (χ4n) is 1.06. The van der Waals surface area contributed by atoms with Gasteiger partial charge < -0.3 is 14.2 Å². The van der Waals surface area contributed by atoms with Crippen LogP contribution in [-0.2, 0) is 19.0 Å². The van der Waals surface area contributed by atoms with Gasteiger partial charge in [-0.25, -0.2) is 9.59 Å². The zero-order valence-electron chi connectivity index (χ0n) is 10.5. The molecule has 0 unspecified atom stereocenters. The summed E-state index contributed by atoms with van der Waals surface area (Å²) < 4.78 is 13.9. The molecular weight excluding hydrogens is 224 g/mol. The molecule has 0 fully saturated rings. The van der Waals surface area contributed by atoms with E-state index in [9.17, 15) is 9.59 Å². The monoisotopic (exact) mass is 244 g/mol. The minimum absolute atomic E-state index is 0.348. The standard InChI is InChI=1S/C12H20O5/c1-10(2)11(13)16-8-6-4-5-7-9-17-12(14)15-3/h1,4-9H2,2-3H3. The highest BCUT2D eigenvalue weighted by Crippen LogP contribution is 2.02. The Labute approximate surface area is 102 Å². The van der Waals surface area contributed by atoms with Crippen molar-refractivity contribution in [1.82, 2.24) is 0 Å². The van der Waals surface area contributed by atoms with E-state index in [1.807, 2.05) is 0 Å². The van der Waals surface area contributed by atoms with Crippen LogP contribution in [0.1, 0.15) is 32.6 Å². The lowest BCUT2D eigenvalue weighted by molar-refractivity contribution is -0.139. The number of carbonyl (C=O) groups excluding carboxylic acids is 2. The average Bonchev–Trinajstić information content (AvgIpc) is 2.31. The van der Waals surface area contributed by atoms with Crippen LogP contribution in [0.2, 0.25) is 0 Å². The molecule has 0 aromatic rings. The number of hydrogen-bond acceptors (Lipinski definition) is 5. The zero-order valence-corrected chi connectivity index (χ0v) is 10.5. The second-order valence-corrected chi connectivity index (χ2v) is 3.63. The topological polar surface area (TPSA) is 61.8 Å². The lowest BCUT2D eigenvalue weighted by Crippen LogP contribution is -2.07. The van der Waals surface area contributed by atoms with E-state index in [4.69, 9.17) is 9.47 Å². The second kappa shape index (κ2) is 9.69. The van der Waals surface area contributed by atoms with E-state index in [0.29, 0.717) is 18.8 Å². The van der Waals surface area contributed by atoms with Crippen molar-refractivity contribution in [2.24, 2.45) is 0 Å². The summed E-state index contributed by atoms with van der Waals surface area (Å²) in [5.41, 5.74) is 0.413. The maximum absolute atomic E-state index is 11.0. The number of carbonyl (C=O) groups is 2. The molecule has 0 saturated carbocycles. The van der Waals surface area contributed by atoms with Crippen LogP contribution in [0.3, 0.4) is 0 Å². The Morgan fingerprint density at radius 2 is 1.53 bits per heavy atom. The summed E-state index contributed by atoms with van der Waals surface area (Å²) in [7, 11) is 1.28. The van der Waals surface area contributed by atoms with Crippen LogP contribution in [0.5, 0.6) is 0 Å². The third-order valence-electron chi connectivity index (χ3n) is 2.01. The van der Waals surface area contributed by atoms with Crippen molar-refractivity contribution in [3.8, 4) is 0 Å². The van der Waals surface area contributed by atoms with Crippen molar-refractivity contribution in [3.63, 3.8) is 0 Å². The summed E-state index contributed by atoms with van der Waals surface area (Å²) in [4.78, 5) is 21.6. The molecule has 5 nitrogen and oxygen atoms in total. The van der Waals surface area contributed by atoms with E-state index in [-0.39, 0.29) is 5.97 Å². The Morgan fingerprint density at radius 1 is 1.00 bits per heavy atom. The van der Waals surface area contributed by atoms with Gasteiger partial charge in [0, 0.05) is 5.57 Å². The summed E-state index contributed by atoms with van der Waals surface area (Å²) >= 11 is 0. The van der Waals surface area contributed by atoms with Crippen LogP contribution in [0.25, 0.3) is 0 Å². The normalized spacial score (nSPS) is 9.53. The van der Waals surface area contributed by atoms with E-state index in [1.165, 1.54) is 7.11 Å². The Morgan fingerprint density at radius 3 is 2.00 bits per heavy atom. The minimum Gasteiger partial charge on any atom is -0.462 e. The van der Waals surface area contributed by atoms with Crippen molar-refractivity contribution in [2.45, 2.75) is 32.6 Å². The number of esters is 1. The molecule has 0 bridgehead atoms. The molecule has 5 heteroatoms. The highest BCUT2D eigenvalue weighted by atomic mass is 16.7. The summed E-state index contributed by atoms with van der Waals surface area (Å²) in [6, 6.07) is 0. The quantitative estimate of drug-likeness (QED) is 0.373. The molecule has 0 aliphatic carbocycles. The fraction of sp³-hybridized carbons (Fsp3) is 0.667. The van der Waals surface area contributed by atoms with Gasteiger partial charge in [-0.2, -0.15) is 0 Å². The largest absolute Gasteiger partial charge is 0.507 e. The molecule has 0 heterocycles. The first-order valence-electron chi connectivity index (χ1n) is 5.61. The summed E-state index contributed by atoms with van der Waals surface area (Å²) in [5, 5.41) is 0. The molecule has 0 saturated heterocycles. The highest BCUT2D eigenvalue weighted by molar-refractivity contribution is 5.86. The number of hydrogen-bond donors (Lipinski definition) is 0. The van der Waals surface area contributed by atoms with Gasteiger partial charge in [0.1, 0.15) is 0 Å². The molecule has 0 aromatic carbocycles. The first-order chi connectivity index (χ1) is 8.07. The maximum atomic E-state index is 11.0. The van der Waals surface area contributed by atoms with Gasteiger partial charge in [0.2, 0.25) is 0 Å². The molecule has 0 rings (SSSR count). The molecule has 0 N–H and O–H groups in total. The Balaban J connectivity index is 3.22. The van der Waals surface area contributed by atoms with Crippen LogP contribution < -0.4 is 0 Å². The van der Waals surface area contributed by atoms with Crippen molar-refractivity contribution in [1.29, 1.82) is 0 Å². The van der Waals surface area contributed by atoms with E-state index in [1.54, 1.807) is 6.92 Å². The van der Waals surface area contributed by atoms with Gasteiger partial charge in [-0.15, -0.1) is 0 Å². The average molecular weight is 244 g/mol. The summed E-state index contributed by atoms with van der Waals surface area (Å²) in [5.74, 6) is -0.348.